The number of amides is 2. The van der Waals surface area contributed by atoms with Crippen LogP contribution < -0.4 is 21.7 Å². The van der Waals surface area contributed by atoms with Gasteiger partial charge in [-0.2, -0.15) is 0 Å². The molecule has 1 saturated heterocycles. The van der Waals surface area contributed by atoms with Crippen molar-refractivity contribution in [2.24, 2.45) is 5.73 Å². The van der Waals surface area contributed by atoms with E-state index >= 15 is 0 Å². The number of nitro benzene ring substituents is 1. The predicted molar refractivity (Wildman–Crippen MR) is 112 cm³/mol. The van der Waals surface area contributed by atoms with Crippen LogP contribution in [0.25, 0.3) is 0 Å². The van der Waals surface area contributed by atoms with Crippen molar-refractivity contribution in [2.75, 3.05) is 25.4 Å². The van der Waals surface area contributed by atoms with Crippen molar-refractivity contribution < 1.29 is 14.5 Å². The third-order valence-corrected chi connectivity index (χ3v) is 5.88. The number of carbonyl (C=O) groups is 2. The first-order valence-corrected chi connectivity index (χ1v) is 10.5. The number of nitrogens with zero attached hydrogens (tertiary/aromatic N) is 2. The van der Waals surface area contributed by atoms with Crippen LogP contribution in [0.3, 0.4) is 0 Å². The average Bonchev–Trinajstić information content (AvgIpc) is 2.68. The zero-order valence-corrected chi connectivity index (χ0v) is 17.6. The SMILES string of the molecule is CCN(CC)CCSC1NC(=O)C(NC(=O)c2cccc([N+](=O)[O-])c2C)C(N)N1. The Kier molecular flexibility index (Phi) is 8.38. The maximum absolute atomic E-state index is 12.6. The van der Waals surface area contributed by atoms with Crippen LogP contribution in [0.4, 0.5) is 5.69 Å². The molecule has 3 atom stereocenters. The quantitative estimate of drug-likeness (QED) is 0.329. The van der Waals surface area contributed by atoms with Gasteiger partial charge in [0.05, 0.1) is 11.1 Å². The van der Waals surface area contributed by atoms with Gasteiger partial charge in [0.25, 0.3) is 11.6 Å². The first-order valence-electron chi connectivity index (χ1n) is 9.49. The second-order valence-corrected chi connectivity index (χ2v) is 7.85. The fourth-order valence-electron chi connectivity index (χ4n) is 3.07. The highest BCUT2D eigenvalue weighted by molar-refractivity contribution is 7.99. The van der Waals surface area contributed by atoms with E-state index < -0.39 is 28.9 Å². The van der Waals surface area contributed by atoms with Crippen molar-refractivity contribution in [3.63, 3.8) is 0 Å². The van der Waals surface area contributed by atoms with Crippen molar-refractivity contribution in [1.82, 2.24) is 20.9 Å². The Morgan fingerprint density at radius 2 is 2.07 bits per heavy atom. The highest BCUT2D eigenvalue weighted by Crippen LogP contribution is 2.21. The minimum Gasteiger partial charge on any atom is -0.338 e. The number of benzene rings is 1. The fourth-order valence-corrected chi connectivity index (χ4v) is 4.12. The molecule has 160 valence electrons. The number of nitrogens with one attached hydrogen (secondary N) is 3. The molecule has 0 spiro atoms. The molecule has 11 heteroatoms. The zero-order valence-electron chi connectivity index (χ0n) is 16.8. The highest BCUT2D eigenvalue weighted by atomic mass is 32.2. The topological polar surface area (TPSA) is 143 Å². The van der Waals surface area contributed by atoms with E-state index in [4.69, 9.17) is 5.73 Å². The number of carbonyl (C=O) groups excluding carboxylic acids is 2. The summed E-state index contributed by atoms with van der Waals surface area (Å²) in [5.41, 5.74) is 5.93. The number of hydrogen-bond acceptors (Lipinski definition) is 8. The summed E-state index contributed by atoms with van der Waals surface area (Å²) in [6.07, 6.45) is -0.780. The number of thioether (sulfide) groups is 1. The molecule has 1 aromatic carbocycles. The van der Waals surface area contributed by atoms with E-state index in [0.717, 1.165) is 25.4 Å². The van der Waals surface area contributed by atoms with Crippen LogP contribution in [0.5, 0.6) is 0 Å². The Morgan fingerprint density at radius 1 is 1.38 bits per heavy atom. The molecule has 1 aromatic rings. The molecular weight excluding hydrogens is 396 g/mol. The summed E-state index contributed by atoms with van der Waals surface area (Å²) in [5.74, 6) is -0.166. The largest absolute Gasteiger partial charge is 0.338 e. The molecule has 0 radical (unpaired) electrons. The van der Waals surface area contributed by atoms with Crippen molar-refractivity contribution in [3.8, 4) is 0 Å². The van der Waals surface area contributed by atoms with Gasteiger partial charge in [0.15, 0.2) is 0 Å². The van der Waals surface area contributed by atoms with Gasteiger partial charge in [-0.1, -0.05) is 19.9 Å². The lowest BCUT2D eigenvalue weighted by Gasteiger charge is -2.35. The molecule has 2 rings (SSSR count). The van der Waals surface area contributed by atoms with Crippen LogP contribution in [0.2, 0.25) is 0 Å². The standard InChI is InChI=1S/C18H28N6O4S/c1-4-23(5-2)9-10-29-18-21-15(19)14(17(26)22-18)20-16(25)12-7-6-8-13(11(12)3)24(27)28/h6-8,14-15,18,21H,4-5,9-10,19H2,1-3H3,(H,20,25)(H,22,26). The summed E-state index contributed by atoms with van der Waals surface area (Å²) >= 11 is 1.54. The lowest BCUT2D eigenvalue weighted by Crippen LogP contribution is -2.70. The van der Waals surface area contributed by atoms with E-state index in [1.807, 2.05) is 0 Å². The molecule has 0 saturated carbocycles. The molecule has 1 aliphatic heterocycles. The first-order chi connectivity index (χ1) is 13.8. The maximum Gasteiger partial charge on any atom is 0.273 e. The first kappa shape index (κ1) is 23.1. The average molecular weight is 425 g/mol. The Labute approximate surface area is 174 Å². The van der Waals surface area contributed by atoms with Gasteiger partial charge in [-0.05, 0) is 26.1 Å². The normalized spacial score (nSPS) is 21.7. The number of rotatable bonds is 9. The van der Waals surface area contributed by atoms with Crippen LogP contribution in [0.15, 0.2) is 18.2 Å². The zero-order chi connectivity index (χ0) is 21.6. The van der Waals surface area contributed by atoms with Crippen molar-refractivity contribution in [2.45, 2.75) is 38.5 Å². The third-order valence-electron chi connectivity index (χ3n) is 4.88. The monoisotopic (exact) mass is 424 g/mol. The van der Waals surface area contributed by atoms with Gasteiger partial charge < -0.3 is 21.3 Å². The Balaban J connectivity index is 1.96. The molecule has 2 amide bonds. The fraction of sp³-hybridized carbons (Fsp3) is 0.556. The van der Waals surface area contributed by atoms with Crippen LogP contribution in [0.1, 0.15) is 29.8 Å². The van der Waals surface area contributed by atoms with Crippen molar-refractivity contribution >= 4 is 29.3 Å². The van der Waals surface area contributed by atoms with Crippen LogP contribution in [-0.4, -0.2) is 64.7 Å². The van der Waals surface area contributed by atoms with Crippen molar-refractivity contribution in [1.29, 1.82) is 0 Å². The molecule has 1 aliphatic rings. The smallest absolute Gasteiger partial charge is 0.273 e. The van der Waals surface area contributed by atoms with Gasteiger partial charge in [0, 0.05) is 29.5 Å². The number of nitrogens with two attached hydrogens (primary N) is 1. The maximum atomic E-state index is 12.6. The summed E-state index contributed by atoms with van der Waals surface area (Å²) in [5, 5.41) is 19.5. The van der Waals surface area contributed by atoms with Gasteiger partial charge in [0.1, 0.15) is 11.5 Å². The van der Waals surface area contributed by atoms with Crippen molar-refractivity contribution in [3.05, 3.63) is 39.4 Å². The Morgan fingerprint density at radius 3 is 2.66 bits per heavy atom. The van der Waals surface area contributed by atoms with E-state index in [1.165, 1.54) is 36.9 Å². The minimum absolute atomic E-state index is 0.134. The summed E-state index contributed by atoms with van der Waals surface area (Å²) in [6, 6.07) is 3.25. The second kappa shape index (κ2) is 10.5. The predicted octanol–water partition coefficient (Wildman–Crippen LogP) is 0.364. The molecule has 29 heavy (non-hydrogen) atoms. The molecular formula is C18H28N6O4S. The van der Waals surface area contributed by atoms with Crippen LogP contribution >= 0.6 is 11.8 Å². The molecule has 3 unspecified atom stereocenters. The molecule has 0 aromatic heterocycles. The van der Waals surface area contributed by atoms with E-state index in [0.29, 0.717) is 0 Å². The van der Waals surface area contributed by atoms with Gasteiger partial charge in [-0.15, -0.1) is 11.8 Å². The molecule has 0 aliphatic carbocycles. The number of hydrogen-bond donors (Lipinski definition) is 4. The minimum atomic E-state index is -0.985. The summed E-state index contributed by atoms with van der Waals surface area (Å²) in [7, 11) is 0. The highest BCUT2D eigenvalue weighted by Gasteiger charge is 2.35. The molecule has 10 nitrogen and oxygen atoms in total. The summed E-state index contributed by atoms with van der Waals surface area (Å²) in [4.78, 5) is 37.9. The van der Waals surface area contributed by atoms with Gasteiger partial charge in [-0.25, -0.2) is 0 Å². The Bertz CT molecular complexity index is 758. The molecule has 5 N–H and O–H groups in total. The lowest BCUT2D eigenvalue weighted by atomic mass is 10.0. The third kappa shape index (κ3) is 5.89. The van der Waals surface area contributed by atoms with E-state index in [9.17, 15) is 19.7 Å². The van der Waals surface area contributed by atoms with E-state index in [1.54, 1.807) is 0 Å². The second-order valence-electron chi connectivity index (χ2n) is 6.64. The molecule has 1 fully saturated rings. The van der Waals surface area contributed by atoms with E-state index in [2.05, 4.69) is 34.7 Å². The van der Waals surface area contributed by atoms with E-state index in [-0.39, 0.29) is 22.3 Å². The molecule has 0 bridgehead atoms. The van der Waals surface area contributed by atoms with Gasteiger partial charge >= 0.3 is 0 Å². The van der Waals surface area contributed by atoms with Crippen LogP contribution in [0, 0.1) is 17.0 Å². The summed E-state index contributed by atoms with van der Waals surface area (Å²) < 4.78 is 0. The molecule has 1 heterocycles. The lowest BCUT2D eigenvalue weighted by molar-refractivity contribution is -0.385. The van der Waals surface area contributed by atoms with Gasteiger partial charge in [-0.3, -0.25) is 25.0 Å². The number of nitro groups is 1. The van der Waals surface area contributed by atoms with Gasteiger partial charge in [0.2, 0.25) is 5.91 Å². The summed E-state index contributed by atoms with van der Waals surface area (Å²) in [6.45, 7) is 8.52. The van der Waals surface area contributed by atoms with Crippen LogP contribution in [-0.2, 0) is 4.79 Å². The Hall–Kier alpha value is -2.21.